The molecule has 0 bridgehead atoms. The van der Waals surface area contributed by atoms with Crippen molar-refractivity contribution in [2.75, 3.05) is 13.9 Å². The van der Waals surface area contributed by atoms with E-state index >= 15 is 0 Å². The van der Waals surface area contributed by atoms with E-state index in [1.165, 1.54) is 7.11 Å². The lowest BCUT2D eigenvalue weighted by Gasteiger charge is -2.05. The minimum absolute atomic E-state index is 0.216. The molecule has 84 valence electrons. The first-order chi connectivity index (χ1) is 8.31. The number of methoxy groups -OCH3 is 1. The third kappa shape index (κ3) is 1.42. The van der Waals surface area contributed by atoms with Gasteiger partial charge in [-0.1, -0.05) is 0 Å². The maximum absolute atomic E-state index is 8.98. The van der Waals surface area contributed by atoms with Crippen LogP contribution in [0.4, 0.5) is 0 Å². The zero-order chi connectivity index (χ0) is 11.8. The number of pyridine rings is 1. The van der Waals surface area contributed by atoms with Crippen LogP contribution in [0.3, 0.4) is 0 Å². The van der Waals surface area contributed by atoms with Gasteiger partial charge in [0.15, 0.2) is 11.5 Å². The zero-order valence-corrected chi connectivity index (χ0v) is 9.06. The molecule has 1 aliphatic heterocycles. The molecular formula is C12H8N2O3. The normalized spacial score (nSPS) is 12.5. The summed E-state index contributed by atoms with van der Waals surface area (Å²) < 4.78 is 15.6. The van der Waals surface area contributed by atoms with E-state index in [0.29, 0.717) is 28.5 Å². The number of hydrogen-bond acceptors (Lipinski definition) is 5. The number of rotatable bonds is 1. The Kier molecular flexibility index (Phi) is 2.02. The summed E-state index contributed by atoms with van der Waals surface area (Å²) in [6.07, 6.45) is 0. The van der Waals surface area contributed by atoms with Gasteiger partial charge in [-0.15, -0.1) is 0 Å². The lowest BCUT2D eigenvalue weighted by Crippen LogP contribution is -1.93. The van der Waals surface area contributed by atoms with Gasteiger partial charge in [0, 0.05) is 11.5 Å². The molecule has 5 nitrogen and oxygen atoms in total. The van der Waals surface area contributed by atoms with Crippen LogP contribution < -0.4 is 14.2 Å². The molecule has 2 aromatic rings. The molecule has 1 aromatic carbocycles. The molecule has 0 atom stereocenters. The average molecular weight is 228 g/mol. The van der Waals surface area contributed by atoms with Gasteiger partial charge in [0.05, 0.1) is 12.6 Å². The van der Waals surface area contributed by atoms with Crippen molar-refractivity contribution in [2.24, 2.45) is 0 Å². The first-order valence-electron chi connectivity index (χ1n) is 5.00. The van der Waals surface area contributed by atoms with Crippen LogP contribution >= 0.6 is 0 Å². The number of benzene rings is 1. The van der Waals surface area contributed by atoms with E-state index in [4.69, 9.17) is 19.5 Å². The van der Waals surface area contributed by atoms with Crippen LogP contribution in [0.2, 0.25) is 0 Å². The Morgan fingerprint density at radius 1 is 1.29 bits per heavy atom. The number of nitrogens with zero attached hydrogens (tertiary/aromatic N) is 2. The zero-order valence-electron chi connectivity index (χ0n) is 9.06. The van der Waals surface area contributed by atoms with Crippen LogP contribution in [0.1, 0.15) is 5.56 Å². The molecule has 0 N–H and O–H groups in total. The molecule has 0 saturated carbocycles. The average Bonchev–Trinajstić information content (AvgIpc) is 2.81. The summed E-state index contributed by atoms with van der Waals surface area (Å²) >= 11 is 0. The van der Waals surface area contributed by atoms with Gasteiger partial charge in [0.25, 0.3) is 0 Å². The monoisotopic (exact) mass is 228 g/mol. The van der Waals surface area contributed by atoms with E-state index in [1.807, 2.05) is 12.1 Å². The van der Waals surface area contributed by atoms with Gasteiger partial charge in [-0.25, -0.2) is 4.98 Å². The molecule has 1 aliphatic rings. The van der Waals surface area contributed by atoms with E-state index in [0.717, 1.165) is 5.39 Å². The van der Waals surface area contributed by atoms with Gasteiger partial charge >= 0.3 is 0 Å². The minimum atomic E-state index is 0.216. The largest absolute Gasteiger partial charge is 0.480 e. The van der Waals surface area contributed by atoms with Crippen LogP contribution in [0.15, 0.2) is 18.2 Å². The number of nitriles is 1. The van der Waals surface area contributed by atoms with Crippen molar-refractivity contribution >= 4 is 10.9 Å². The van der Waals surface area contributed by atoms with Crippen molar-refractivity contribution < 1.29 is 14.2 Å². The lowest BCUT2D eigenvalue weighted by atomic mass is 10.1. The van der Waals surface area contributed by atoms with E-state index in [2.05, 4.69) is 4.98 Å². The van der Waals surface area contributed by atoms with Crippen LogP contribution in [0.25, 0.3) is 10.9 Å². The standard InChI is InChI=1S/C12H8N2O3/c1-15-12-8(5-13)2-7-3-10-11(17-6-16-10)4-9(7)14-12/h2-4H,6H2,1H3. The van der Waals surface area contributed by atoms with Crippen molar-refractivity contribution in [2.45, 2.75) is 0 Å². The van der Waals surface area contributed by atoms with Gasteiger partial charge in [-0.2, -0.15) is 5.26 Å². The maximum atomic E-state index is 8.98. The molecule has 1 aromatic heterocycles. The van der Waals surface area contributed by atoms with Gasteiger partial charge in [0.2, 0.25) is 12.7 Å². The second-order valence-electron chi connectivity index (χ2n) is 3.56. The van der Waals surface area contributed by atoms with Crippen molar-refractivity contribution in [3.05, 3.63) is 23.8 Å². The molecule has 0 aliphatic carbocycles. The number of ether oxygens (including phenoxy) is 3. The van der Waals surface area contributed by atoms with Crippen LogP contribution in [-0.4, -0.2) is 18.9 Å². The summed E-state index contributed by atoms with van der Waals surface area (Å²) in [5.41, 5.74) is 1.11. The molecule has 0 amide bonds. The Bertz CT molecular complexity index is 646. The molecule has 17 heavy (non-hydrogen) atoms. The second kappa shape index (κ2) is 3.52. The lowest BCUT2D eigenvalue weighted by molar-refractivity contribution is 0.174. The maximum Gasteiger partial charge on any atom is 0.231 e. The molecule has 3 rings (SSSR count). The van der Waals surface area contributed by atoms with Gasteiger partial charge in [0.1, 0.15) is 11.6 Å². The Hall–Kier alpha value is -2.48. The van der Waals surface area contributed by atoms with Crippen molar-refractivity contribution in [1.29, 1.82) is 5.26 Å². The van der Waals surface area contributed by atoms with E-state index < -0.39 is 0 Å². The Balaban J connectivity index is 2.29. The smallest absolute Gasteiger partial charge is 0.231 e. The fourth-order valence-corrected chi connectivity index (χ4v) is 1.78. The summed E-state index contributed by atoms with van der Waals surface area (Å²) in [7, 11) is 1.49. The highest BCUT2D eigenvalue weighted by Gasteiger charge is 2.16. The topological polar surface area (TPSA) is 64.4 Å². The molecule has 5 heteroatoms. The van der Waals surface area contributed by atoms with E-state index in [9.17, 15) is 0 Å². The summed E-state index contributed by atoms with van der Waals surface area (Å²) in [4.78, 5) is 4.26. The van der Waals surface area contributed by atoms with Crippen LogP contribution in [0, 0.1) is 11.3 Å². The fraction of sp³-hybridized carbons (Fsp3) is 0.167. The SMILES string of the molecule is COc1nc2cc3c(cc2cc1C#N)OCO3. The second-order valence-corrected chi connectivity index (χ2v) is 3.56. The molecule has 0 spiro atoms. The first kappa shape index (κ1) is 9.73. The highest BCUT2D eigenvalue weighted by atomic mass is 16.7. The quantitative estimate of drug-likeness (QED) is 0.745. The molecule has 0 unspecified atom stereocenters. The Morgan fingerprint density at radius 2 is 2.06 bits per heavy atom. The summed E-state index contributed by atoms with van der Waals surface area (Å²) in [6, 6.07) is 7.36. The van der Waals surface area contributed by atoms with Gasteiger partial charge < -0.3 is 14.2 Å². The van der Waals surface area contributed by atoms with Gasteiger partial charge in [-0.3, -0.25) is 0 Å². The van der Waals surface area contributed by atoms with E-state index in [-0.39, 0.29) is 6.79 Å². The first-order valence-corrected chi connectivity index (χ1v) is 5.00. The number of hydrogen-bond donors (Lipinski definition) is 0. The predicted molar refractivity (Wildman–Crippen MR) is 59.1 cm³/mol. The summed E-state index contributed by atoms with van der Waals surface area (Å²) in [5.74, 6) is 1.66. The number of fused-ring (bicyclic) bond motifs is 2. The highest BCUT2D eigenvalue weighted by molar-refractivity contribution is 5.85. The Morgan fingerprint density at radius 3 is 2.76 bits per heavy atom. The molecule has 0 fully saturated rings. The van der Waals surface area contributed by atoms with Crippen LogP contribution in [0.5, 0.6) is 17.4 Å². The Labute approximate surface area is 97.2 Å². The highest BCUT2D eigenvalue weighted by Crippen LogP contribution is 2.36. The predicted octanol–water partition coefficient (Wildman–Crippen LogP) is 1.84. The molecule has 2 heterocycles. The van der Waals surface area contributed by atoms with E-state index in [1.54, 1.807) is 12.1 Å². The molecule has 0 radical (unpaired) electrons. The minimum Gasteiger partial charge on any atom is -0.480 e. The third-order valence-corrected chi connectivity index (χ3v) is 2.59. The van der Waals surface area contributed by atoms with Crippen LogP contribution in [-0.2, 0) is 0 Å². The molecular weight excluding hydrogens is 220 g/mol. The van der Waals surface area contributed by atoms with Gasteiger partial charge in [-0.05, 0) is 12.1 Å². The summed E-state index contributed by atoms with van der Waals surface area (Å²) in [5, 5.41) is 9.80. The van der Waals surface area contributed by atoms with Crippen molar-refractivity contribution in [3.63, 3.8) is 0 Å². The van der Waals surface area contributed by atoms with Crippen molar-refractivity contribution in [1.82, 2.24) is 4.98 Å². The summed E-state index contributed by atoms with van der Waals surface area (Å²) in [6.45, 7) is 0.216. The number of aromatic nitrogens is 1. The third-order valence-electron chi connectivity index (χ3n) is 2.59. The van der Waals surface area contributed by atoms with Crippen molar-refractivity contribution in [3.8, 4) is 23.4 Å². The molecule has 0 saturated heterocycles. The fourth-order valence-electron chi connectivity index (χ4n) is 1.78.